The van der Waals surface area contributed by atoms with Crippen LogP contribution in [0.5, 0.6) is 0 Å². The Morgan fingerprint density at radius 3 is 2.85 bits per heavy atom. The van der Waals surface area contributed by atoms with Crippen LogP contribution in [0.2, 0.25) is 0 Å². The summed E-state index contributed by atoms with van der Waals surface area (Å²) in [4.78, 5) is 36.2. The van der Waals surface area contributed by atoms with E-state index in [-0.39, 0.29) is 12.4 Å². The number of fused-ring (bicyclic) bond motifs is 3. The van der Waals surface area contributed by atoms with Crippen molar-refractivity contribution in [1.82, 2.24) is 9.97 Å². The second-order valence-electron chi connectivity index (χ2n) is 8.31. The molecule has 1 amide bonds. The molecule has 1 aromatic carbocycles. The molecule has 8 nitrogen and oxygen atoms in total. The van der Waals surface area contributed by atoms with Crippen LogP contribution in [0.4, 0.5) is 11.5 Å². The Morgan fingerprint density at radius 1 is 1.18 bits per heavy atom. The average molecular weight is 477 g/mol. The number of thiophene rings is 1. The standard InChI is InChI=1S/C25H24N4O4S/c1-14-9-10-15(12-17(14)27-23(30)18-7-5-11-32-18)25(31)33-13-20-28-22(26)21-16-6-3-2-4-8-19(16)34-24(21)29-20/h5,7,9-12H,2-4,6,8,13H2,1H3,(H,27,30)(H2,26,28,29). The van der Waals surface area contributed by atoms with E-state index in [1.165, 1.54) is 29.5 Å². The van der Waals surface area contributed by atoms with Gasteiger partial charge in [-0.2, -0.15) is 0 Å². The minimum absolute atomic E-state index is 0.0937. The number of aryl methyl sites for hydroxylation is 3. The molecule has 0 unspecified atom stereocenters. The van der Waals surface area contributed by atoms with Crippen molar-refractivity contribution in [2.24, 2.45) is 0 Å². The van der Waals surface area contributed by atoms with Gasteiger partial charge in [0.15, 0.2) is 18.2 Å². The Bertz CT molecular complexity index is 1380. The van der Waals surface area contributed by atoms with Gasteiger partial charge in [-0.25, -0.2) is 14.8 Å². The molecule has 0 spiro atoms. The minimum Gasteiger partial charge on any atom is -0.459 e. The number of nitrogens with zero attached hydrogens (tertiary/aromatic N) is 2. The number of benzene rings is 1. The largest absolute Gasteiger partial charge is 0.459 e. The topological polar surface area (TPSA) is 120 Å². The SMILES string of the molecule is Cc1ccc(C(=O)OCc2nc(N)c3c4c(sc3n2)CCCCC4)cc1NC(=O)c1ccco1. The molecule has 34 heavy (non-hydrogen) atoms. The van der Waals surface area contributed by atoms with Crippen molar-refractivity contribution in [2.75, 3.05) is 11.1 Å². The fraction of sp³-hybridized carbons (Fsp3) is 0.280. The highest BCUT2D eigenvalue weighted by molar-refractivity contribution is 7.19. The first-order chi connectivity index (χ1) is 16.5. The van der Waals surface area contributed by atoms with Gasteiger partial charge in [-0.05, 0) is 68.0 Å². The lowest BCUT2D eigenvalue weighted by Crippen LogP contribution is -2.13. The van der Waals surface area contributed by atoms with Crippen LogP contribution in [0.25, 0.3) is 10.2 Å². The number of ether oxygens (including phenoxy) is 1. The van der Waals surface area contributed by atoms with Gasteiger partial charge in [-0.15, -0.1) is 11.3 Å². The number of hydrogen-bond acceptors (Lipinski definition) is 8. The van der Waals surface area contributed by atoms with Crippen molar-refractivity contribution in [3.05, 3.63) is 69.7 Å². The number of esters is 1. The first kappa shape index (κ1) is 22.1. The van der Waals surface area contributed by atoms with Crippen LogP contribution in [0.3, 0.4) is 0 Å². The second-order valence-corrected chi connectivity index (χ2v) is 9.39. The summed E-state index contributed by atoms with van der Waals surface area (Å²) < 4.78 is 10.6. The number of nitrogens with two attached hydrogens (primary N) is 1. The second kappa shape index (κ2) is 9.26. The predicted octanol–water partition coefficient (Wildman–Crippen LogP) is 5.05. The molecular weight excluding hydrogens is 452 g/mol. The van der Waals surface area contributed by atoms with Gasteiger partial charge in [-0.1, -0.05) is 12.5 Å². The third kappa shape index (κ3) is 4.38. The van der Waals surface area contributed by atoms with Crippen LogP contribution < -0.4 is 11.1 Å². The quantitative estimate of drug-likeness (QED) is 0.305. The summed E-state index contributed by atoms with van der Waals surface area (Å²) in [6, 6.07) is 8.17. The van der Waals surface area contributed by atoms with Gasteiger partial charge >= 0.3 is 5.97 Å². The molecule has 5 rings (SSSR count). The number of anilines is 2. The Balaban J connectivity index is 1.31. The number of amides is 1. The molecule has 3 N–H and O–H groups in total. The number of hydrogen-bond donors (Lipinski definition) is 2. The van der Waals surface area contributed by atoms with Crippen molar-refractivity contribution in [1.29, 1.82) is 0 Å². The van der Waals surface area contributed by atoms with Crippen molar-refractivity contribution in [3.63, 3.8) is 0 Å². The van der Waals surface area contributed by atoms with E-state index < -0.39 is 11.9 Å². The molecule has 3 heterocycles. The van der Waals surface area contributed by atoms with Crippen molar-refractivity contribution >= 4 is 44.9 Å². The van der Waals surface area contributed by atoms with Gasteiger partial charge in [0.05, 0.1) is 17.2 Å². The van der Waals surface area contributed by atoms with Crippen LogP contribution in [0.15, 0.2) is 41.0 Å². The summed E-state index contributed by atoms with van der Waals surface area (Å²) >= 11 is 1.66. The van der Waals surface area contributed by atoms with E-state index in [1.54, 1.807) is 41.7 Å². The summed E-state index contributed by atoms with van der Waals surface area (Å²) in [5.74, 6) is 0.0492. The van der Waals surface area contributed by atoms with E-state index in [0.717, 1.165) is 35.0 Å². The Hall–Kier alpha value is -3.72. The number of nitrogen functional groups attached to an aromatic ring is 1. The molecule has 3 aromatic heterocycles. The summed E-state index contributed by atoms with van der Waals surface area (Å²) in [6.07, 6.45) is 7.03. The zero-order chi connectivity index (χ0) is 23.7. The van der Waals surface area contributed by atoms with E-state index in [9.17, 15) is 9.59 Å². The monoisotopic (exact) mass is 476 g/mol. The van der Waals surface area contributed by atoms with Gasteiger partial charge in [0.25, 0.3) is 5.91 Å². The highest BCUT2D eigenvalue weighted by atomic mass is 32.1. The number of furan rings is 1. The molecule has 174 valence electrons. The van der Waals surface area contributed by atoms with Crippen LogP contribution in [-0.2, 0) is 24.2 Å². The first-order valence-electron chi connectivity index (χ1n) is 11.2. The molecule has 0 saturated heterocycles. The van der Waals surface area contributed by atoms with E-state index in [2.05, 4.69) is 15.3 Å². The third-order valence-electron chi connectivity index (χ3n) is 5.94. The van der Waals surface area contributed by atoms with E-state index in [1.807, 2.05) is 6.92 Å². The van der Waals surface area contributed by atoms with Crippen LogP contribution in [-0.4, -0.2) is 21.8 Å². The molecule has 0 bridgehead atoms. The molecule has 0 saturated carbocycles. The maximum absolute atomic E-state index is 12.7. The summed E-state index contributed by atoms with van der Waals surface area (Å²) in [7, 11) is 0. The lowest BCUT2D eigenvalue weighted by Gasteiger charge is -2.10. The maximum atomic E-state index is 12.7. The van der Waals surface area contributed by atoms with Crippen molar-refractivity contribution < 1.29 is 18.7 Å². The van der Waals surface area contributed by atoms with Gasteiger partial charge in [0, 0.05) is 10.6 Å². The lowest BCUT2D eigenvalue weighted by atomic mass is 10.1. The highest BCUT2D eigenvalue weighted by Crippen LogP contribution is 2.37. The Morgan fingerprint density at radius 2 is 2.03 bits per heavy atom. The molecular formula is C25H24N4O4S. The number of nitrogens with one attached hydrogen (secondary N) is 1. The zero-order valence-electron chi connectivity index (χ0n) is 18.7. The molecule has 0 radical (unpaired) electrons. The molecule has 0 atom stereocenters. The minimum atomic E-state index is -0.544. The third-order valence-corrected chi connectivity index (χ3v) is 7.12. The van der Waals surface area contributed by atoms with Gasteiger partial charge in [0.1, 0.15) is 10.6 Å². The molecule has 4 aromatic rings. The van der Waals surface area contributed by atoms with E-state index >= 15 is 0 Å². The lowest BCUT2D eigenvalue weighted by molar-refractivity contribution is 0.0462. The van der Waals surface area contributed by atoms with Gasteiger partial charge in [-0.3, -0.25) is 4.79 Å². The number of carbonyl (C=O) groups excluding carboxylic acids is 2. The van der Waals surface area contributed by atoms with E-state index in [0.29, 0.717) is 22.9 Å². The van der Waals surface area contributed by atoms with E-state index in [4.69, 9.17) is 14.9 Å². The number of carbonyl (C=O) groups is 2. The average Bonchev–Trinajstić information content (AvgIpc) is 3.42. The molecule has 0 aliphatic heterocycles. The van der Waals surface area contributed by atoms with Gasteiger partial charge in [0.2, 0.25) is 0 Å². The maximum Gasteiger partial charge on any atom is 0.338 e. The van der Waals surface area contributed by atoms with Crippen molar-refractivity contribution in [3.8, 4) is 0 Å². The highest BCUT2D eigenvalue weighted by Gasteiger charge is 2.20. The van der Waals surface area contributed by atoms with Crippen LogP contribution >= 0.6 is 11.3 Å². The fourth-order valence-electron chi connectivity index (χ4n) is 4.16. The summed E-state index contributed by atoms with van der Waals surface area (Å²) in [5.41, 5.74) is 9.17. The van der Waals surface area contributed by atoms with Crippen LogP contribution in [0, 0.1) is 6.92 Å². The summed E-state index contributed by atoms with van der Waals surface area (Å²) in [6.45, 7) is 1.74. The van der Waals surface area contributed by atoms with Gasteiger partial charge < -0.3 is 20.2 Å². The Kier molecular flexibility index (Phi) is 6.02. The number of aromatic nitrogens is 2. The smallest absolute Gasteiger partial charge is 0.338 e. The number of rotatable bonds is 5. The fourth-order valence-corrected chi connectivity index (χ4v) is 5.45. The first-order valence-corrected chi connectivity index (χ1v) is 12.0. The van der Waals surface area contributed by atoms with Crippen molar-refractivity contribution in [2.45, 2.75) is 45.6 Å². The molecule has 9 heteroatoms. The normalized spacial score (nSPS) is 13.3. The predicted molar refractivity (Wildman–Crippen MR) is 130 cm³/mol. The Labute approximate surface area is 200 Å². The molecule has 1 aliphatic rings. The summed E-state index contributed by atoms with van der Waals surface area (Å²) in [5, 5.41) is 3.71. The molecule has 0 fully saturated rings. The van der Waals surface area contributed by atoms with Crippen LogP contribution in [0.1, 0.15) is 62.0 Å². The molecule has 1 aliphatic carbocycles. The zero-order valence-corrected chi connectivity index (χ0v) is 19.5.